The summed E-state index contributed by atoms with van der Waals surface area (Å²) < 4.78 is 5.52. The van der Waals surface area contributed by atoms with Gasteiger partial charge in [0, 0.05) is 12.1 Å². The Kier molecular flexibility index (Phi) is 7.22. The zero-order valence-corrected chi connectivity index (χ0v) is 14.7. The van der Waals surface area contributed by atoms with Crippen LogP contribution in [0.3, 0.4) is 0 Å². The number of hydrogen-bond acceptors (Lipinski definition) is 3. The molecule has 2 rings (SSSR count). The third kappa shape index (κ3) is 5.76. The zero-order valence-electron chi connectivity index (χ0n) is 14.7. The quantitative estimate of drug-likeness (QED) is 0.633. The van der Waals surface area contributed by atoms with Gasteiger partial charge in [-0.15, -0.1) is 0 Å². The van der Waals surface area contributed by atoms with Crippen molar-refractivity contribution >= 4 is 11.8 Å². The van der Waals surface area contributed by atoms with Gasteiger partial charge in [-0.05, 0) is 25.5 Å². The van der Waals surface area contributed by atoms with Crippen molar-refractivity contribution in [3.8, 4) is 0 Å². The number of carbonyl (C=O) groups is 2. The standard InChI is InChI=1S/C19H25N3O3/c1-3-11-20-19(24)14(2)22-17(23)13-21-18(16-10-7-12-25-16)15-8-5-4-6-9-15/h4-10,12,14,18,21H,3,11,13H2,1-2H3,(H,20,24)(H,22,23)/p+1/t14-,18-/m0/s1. The van der Waals surface area contributed by atoms with Crippen LogP contribution in [-0.4, -0.2) is 30.9 Å². The molecular weight excluding hydrogens is 318 g/mol. The number of nitrogens with two attached hydrogens (primary N) is 1. The molecule has 0 radical (unpaired) electrons. The van der Waals surface area contributed by atoms with E-state index in [9.17, 15) is 9.59 Å². The van der Waals surface area contributed by atoms with Gasteiger partial charge in [0.25, 0.3) is 5.91 Å². The fraction of sp³-hybridized carbons (Fsp3) is 0.368. The van der Waals surface area contributed by atoms with Crippen molar-refractivity contribution in [1.29, 1.82) is 0 Å². The second kappa shape index (κ2) is 9.64. The van der Waals surface area contributed by atoms with Crippen LogP contribution in [0.2, 0.25) is 0 Å². The summed E-state index contributed by atoms with van der Waals surface area (Å²) in [5, 5.41) is 7.40. The molecule has 2 atom stereocenters. The Balaban J connectivity index is 1.92. The predicted molar refractivity (Wildman–Crippen MR) is 94.7 cm³/mol. The van der Waals surface area contributed by atoms with Crippen molar-refractivity contribution in [3.63, 3.8) is 0 Å². The summed E-state index contributed by atoms with van der Waals surface area (Å²) in [5.74, 6) is 0.431. The number of nitrogens with one attached hydrogen (secondary N) is 2. The summed E-state index contributed by atoms with van der Waals surface area (Å²) in [7, 11) is 0. The summed E-state index contributed by atoms with van der Waals surface area (Å²) in [4.78, 5) is 24.0. The van der Waals surface area contributed by atoms with Crippen LogP contribution >= 0.6 is 0 Å². The van der Waals surface area contributed by atoms with Gasteiger partial charge >= 0.3 is 0 Å². The average Bonchev–Trinajstić information content (AvgIpc) is 3.15. The molecule has 0 fully saturated rings. The maximum atomic E-state index is 12.2. The number of hydrogen-bond donors (Lipinski definition) is 3. The molecular formula is C19H26N3O3+. The molecule has 1 aromatic heterocycles. The van der Waals surface area contributed by atoms with Crippen LogP contribution in [0.25, 0.3) is 0 Å². The lowest BCUT2D eigenvalue weighted by Gasteiger charge is -2.16. The van der Waals surface area contributed by atoms with Crippen molar-refractivity contribution in [2.75, 3.05) is 13.1 Å². The Labute approximate surface area is 148 Å². The summed E-state index contributed by atoms with van der Waals surface area (Å²) in [6.45, 7) is 4.48. The first-order valence-corrected chi connectivity index (χ1v) is 8.60. The molecule has 0 saturated heterocycles. The monoisotopic (exact) mass is 344 g/mol. The molecule has 0 aliphatic rings. The predicted octanol–water partition coefficient (Wildman–Crippen LogP) is 0.963. The van der Waals surface area contributed by atoms with E-state index in [1.165, 1.54) is 0 Å². The molecule has 0 aliphatic heterocycles. The third-order valence-electron chi connectivity index (χ3n) is 3.87. The molecule has 0 bridgehead atoms. The molecule has 4 N–H and O–H groups in total. The van der Waals surface area contributed by atoms with Gasteiger partial charge < -0.3 is 20.4 Å². The zero-order chi connectivity index (χ0) is 18.1. The van der Waals surface area contributed by atoms with Gasteiger partial charge in [-0.25, -0.2) is 0 Å². The van der Waals surface area contributed by atoms with Gasteiger partial charge in [-0.3, -0.25) is 9.59 Å². The van der Waals surface area contributed by atoms with E-state index in [1.807, 2.05) is 54.7 Å². The maximum Gasteiger partial charge on any atom is 0.275 e. The highest BCUT2D eigenvalue weighted by Crippen LogP contribution is 2.18. The first kappa shape index (κ1) is 18.7. The van der Waals surface area contributed by atoms with Crippen molar-refractivity contribution in [2.45, 2.75) is 32.4 Å². The van der Waals surface area contributed by atoms with Crippen LogP contribution in [0.1, 0.15) is 37.6 Å². The number of amides is 2. The van der Waals surface area contributed by atoms with Gasteiger partial charge in [0.2, 0.25) is 5.91 Å². The number of furan rings is 1. The topological polar surface area (TPSA) is 88.0 Å². The largest absolute Gasteiger partial charge is 0.463 e. The summed E-state index contributed by atoms with van der Waals surface area (Å²) >= 11 is 0. The number of rotatable bonds is 9. The minimum atomic E-state index is -0.550. The second-order valence-corrected chi connectivity index (χ2v) is 5.92. The van der Waals surface area contributed by atoms with Gasteiger partial charge in [0.1, 0.15) is 6.04 Å². The molecule has 0 spiro atoms. The van der Waals surface area contributed by atoms with Crippen molar-refractivity contribution in [1.82, 2.24) is 10.6 Å². The van der Waals surface area contributed by atoms with Crippen molar-refractivity contribution in [2.24, 2.45) is 0 Å². The van der Waals surface area contributed by atoms with Crippen LogP contribution in [-0.2, 0) is 9.59 Å². The molecule has 1 heterocycles. The average molecular weight is 344 g/mol. The maximum absolute atomic E-state index is 12.2. The van der Waals surface area contributed by atoms with E-state index in [0.717, 1.165) is 17.7 Å². The Morgan fingerprint density at radius 1 is 1.16 bits per heavy atom. The smallest absolute Gasteiger partial charge is 0.275 e. The van der Waals surface area contributed by atoms with E-state index in [4.69, 9.17) is 4.42 Å². The molecule has 0 aliphatic carbocycles. The Morgan fingerprint density at radius 3 is 2.56 bits per heavy atom. The lowest BCUT2D eigenvalue weighted by Crippen LogP contribution is -2.88. The first-order chi connectivity index (χ1) is 12.1. The van der Waals surface area contributed by atoms with Crippen molar-refractivity contribution in [3.05, 3.63) is 60.1 Å². The fourth-order valence-corrected chi connectivity index (χ4v) is 2.54. The van der Waals surface area contributed by atoms with E-state index >= 15 is 0 Å². The fourth-order valence-electron chi connectivity index (χ4n) is 2.54. The lowest BCUT2D eigenvalue weighted by atomic mass is 10.0. The SMILES string of the molecule is CCCNC(=O)[C@H](C)NC(=O)C[NH2+][C@@H](c1ccccc1)c1ccco1. The molecule has 2 aromatic rings. The van der Waals surface area contributed by atoms with E-state index < -0.39 is 6.04 Å². The first-order valence-electron chi connectivity index (χ1n) is 8.60. The number of carbonyl (C=O) groups excluding carboxylic acids is 2. The van der Waals surface area contributed by atoms with Gasteiger partial charge in [0.15, 0.2) is 18.3 Å². The highest BCUT2D eigenvalue weighted by Gasteiger charge is 2.22. The minimum Gasteiger partial charge on any atom is -0.463 e. The van der Waals surface area contributed by atoms with Gasteiger partial charge in [-0.1, -0.05) is 37.3 Å². The molecule has 2 amide bonds. The van der Waals surface area contributed by atoms with E-state index in [0.29, 0.717) is 6.54 Å². The summed E-state index contributed by atoms with van der Waals surface area (Å²) in [6, 6.07) is 12.9. The molecule has 6 heteroatoms. The van der Waals surface area contributed by atoms with Gasteiger partial charge in [0.05, 0.1) is 6.26 Å². The van der Waals surface area contributed by atoms with Crippen molar-refractivity contribution < 1.29 is 19.3 Å². The minimum absolute atomic E-state index is 0.105. The summed E-state index contributed by atoms with van der Waals surface area (Å²) in [6.07, 6.45) is 2.49. The van der Waals surface area contributed by atoms with Crippen LogP contribution in [0, 0.1) is 0 Å². The normalized spacial score (nSPS) is 13.0. The third-order valence-corrected chi connectivity index (χ3v) is 3.87. The molecule has 0 saturated carbocycles. The van der Waals surface area contributed by atoms with Crippen LogP contribution in [0.4, 0.5) is 0 Å². The highest BCUT2D eigenvalue weighted by molar-refractivity contribution is 5.87. The van der Waals surface area contributed by atoms with E-state index in [-0.39, 0.29) is 24.4 Å². The van der Waals surface area contributed by atoms with E-state index in [1.54, 1.807) is 13.2 Å². The molecule has 25 heavy (non-hydrogen) atoms. The molecule has 0 unspecified atom stereocenters. The number of quaternary nitrogens is 1. The van der Waals surface area contributed by atoms with Crippen LogP contribution < -0.4 is 16.0 Å². The van der Waals surface area contributed by atoms with Crippen LogP contribution in [0.5, 0.6) is 0 Å². The Bertz CT molecular complexity index is 656. The summed E-state index contributed by atoms with van der Waals surface area (Å²) in [5.41, 5.74) is 1.05. The molecule has 134 valence electrons. The second-order valence-electron chi connectivity index (χ2n) is 5.92. The molecule has 6 nitrogen and oxygen atoms in total. The van der Waals surface area contributed by atoms with Crippen LogP contribution in [0.15, 0.2) is 53.1 Å². The van der Waals surface area contributed by atoms with Gasteiger partial charge in [-0.2, -0.15) is 0 Å². The number of benzene rings is 1. The van der Waals surface area contributed by atoms with E-state index in [2.05, 4.69) is 10.6 Å². The highest BCUT2D eigenvalue weighted by atomic mass is 16.3. The Morgan fingerprint density at radius 2 is 1.92 bits per heavy atom. The Hall–Kier alpha value is -2.60. The molecule has 1 aromatic carbocycles. The lowest BCUT2D eigenvalue weighted by molar-refractivity contribution is -0.678.